The number of amides is 1. The Kier molecular flexibility index (Phi) is 4.16. The van der Waals surface area contributed by atoms with E-state index in [9.17, 15) is 4.79 Å². The molecule has 4 nitrogen and oxygen atoms in total. The van der Waals surface area contributed by atoms with Gasteiger partial charge in [0.2, 0.25) is 0 Å². The van der Waals surface area contributed by atoms with Gasteiger partial charge in [0.25, 0.3) is 5.91 Å². The average Bonchev–Trinajstić information content (AvgIpc) is 3.06. The van der Waals surface area contributed by atoms with Gasteiger partial charge in [0.05, 0.1) is 11.1 Å². The summed E-state index contributed by atoms with van der Waals surface area (Å²) in [5.74, 6) is 0.0305. The molecule has 0 bridgehead atoms. The van der Waals surface area contributed by atoms with Crippen molar-refractivity contribution in [1.82, 2.24) is 15.5 Å². The molecule has 0 aromatic carbocycles. The van der Waals surface area contributed by atoms with Gasteiger partial charge in [0.15, 0.2) is 0 Å². The number of nitrogens with one attached hydrogen (secondary N) is 2. The molecule has 0 atom stereocenters. The Hall–Kier alpha value is -1.62. The number of aryl methyl sites for hydroxylation is 2. The second-order valence-corrected chi connectivity index (χ2v) is 6.40. The number of H-pyrrole nitrogens is 1. The molecule has 0 unspecified atom stereocenters. The largest absolute Gasteiger partial charge is 0.347 e. The van der Waals surface area contributed by atoms with Gasteiger partial charge in [-0.15, -0.1) is 11.3 Å². The van der Waals surface area contributed by atoms with Gasteiger partial charge in [-0.05, 0) is 37.3 Å². The van der Waals surface area contributed by atoms with E-state index in [2.05, 4.69) is 21.6 Å². The van der Waals surface area contributed by atoms with E-state index in [1.165, 1.54) is 36.1 Å². The van der Waals surface area contributed by atoms with Crippen LogP contribution in [0.5, 0.6) is 0 Å². The Morgan fingerprint density at radius 3 is 2.95 bits per heavy atom. The van der Waals surface area contributed by atoms with Crippen molar-refractivity contribution in [3.8, 4) is 0 Å². The highest BCUT2D eigenvalue weighted by atomic mass is 32.1. The van der Waals surface area contributed by atoms with E-state index >= 15 is 0 Å². The summed E-state index contributed by atoms with van der Waals surface area (Å²) in [5.41, 5.74) is 2.39. The van der Waals surface area contributed by atoms with E-state index in [1.807, 2.05) is 0 Å². The lowest BCUT2D eigenvalue weighted by atomic mass is 10.00. The fourth-order valence-corrected chi connectivity index (χ4v) is 3.77. The van der Waals surface area contributed by atoms with Gasteiger partial charge < -0.3 is 5.32 Å². The first kappa shape index (κ1) is 13.4. The molecule has 20 heavy (non-hydrogen) atoms. The molecule has 5 heteroatoms. The molecule has 0 saturated heterocycles. The summed E-state index contributed by atoms with van der Waals surface area (Å²) in [6.07, 6.45) is 10.9. The lowest BCUT2D eigenvalue weighted by Crippen LogP contribution is -2.21. The van der Waals surface area contributed by atoms with Gasteiger partial charge in [-0.3, -0.25) is 9.89 Å². The van der Waals surface area contributed by atoms with Crippen molar-refractivity contribution in [2.75, 3.05) is 0 Å². The number of hydrogen-bond acceptors (Lipinski definition) is 3. The summed E-state index contributed by atoms with van der Waals surface area (Å²) >= 11 is 1.67. The molecular weight excluding hydrogens is 270 g/mol. The minimum atomic E-state index is 0.0305. The van der Waals surface area contributed by atoms with E-state index in [0.717, 1.165) is 23.3 Å². The maximum absolute atomic E-state index is 12.2. The molecule has 2 aromatic rings. The van der Waals surface area contributed by atoms with E-state index < -0.39 is 0 Å². The Balaban J connectivity index is 1.67. The SMILES string of the molecule is O=C(NCc1cn[nH]c1)c1cc2c(s1)CCCCCC2. The number of aromatic nitrogens is 2. The van der Waals surface area contributed by atoms with Crippen molar-refractivity contribution in [3.05, 3.63) is 39.3 Å². The third kappa shape index (κ3) is 3.10. The van der Waals surface area contributed by atoms with Crippen molar-refractivity contribution < 1.29 is 4.79 Å². The molecule has 2 aromatic heterocycles. The third-order valence-corrected chi connectivity index (χ3v) is 4.96. The van der Waals surface area contributed by atoms with Gasteiger partial charge in [0.1, 0.15) is 0 Å². The molecule has 2 N–H and O–H groups in total. The van der Waals surface area contributed by atoms with E-state index in [0.29, 0.717) is 6.54 Å². The van der Waals surface area contributed by atoms with Crippen LogP contribution in [-0.2, 0) is 19.4 Å². The number of hydrogen-bond donors (Lipinski definition) is 2. The number of carbonyl (C=O) groups is 1. The quantitative estimate of drug-likeness (QED) is 0.912. The number of aromatic amines is 1. The molecule has 106 valence electrons. The van der Waals surface area contributed by atoms with Crippen LogP contribution >= 0.6 is 11.3 Å². The second kappa shape index (κ2) is 6.22. The van der Waals surface area contributed by atoms with Crippen LogP contribution in [0, 0.1) is 0 Å². The van der Waals surface area contributed by atoms with E-state index in [1.54, 1.807) is 23.7 Å². The molecule has 0 saturated carbocycles. The summed E-state index contributed by atoms with van der Waals surface area (Å²) in [6.45, 7) is 0.526. The molecule has 2 heterocycles. The predicted molar refractivity (Wildman–Crippen MR) is 80.0 cm³/mol. The van der Waals surface area contributed by atoms with E-state index in [4.69, 9.17) is 0 Å². The van der Waals surface area contributed by atoms with Gasteiger partial charge >= 0.3 is 0 Å². The third-order valence-electron chi connectivity index (χ3n) is 3.73. The van der Waals surface area contributed by atoms with Crippen LogP contribution in [0.4, 0.5) is 0 Å². The summed E-state index contributed by atoms with van der Waals surface area (Å²) in [4.78, 5) is 14.5. The smallest absolute Gasteiger partial charge is 0.261 e. The maximum atomic E-state index is 12.2. The summed E-state index contributed by atoms with van der Waals surface area (Å²) in [6, 6.07) is 2.09. The van der Waals surface area contributed by atoms with Gasteiger partial charge in [-0.1, -0.05) is 12.8 Å². The highest BCUT2D eigenvalue weighted by Gasteiger charge is 2.15. The number of nitrogens with zero attached hydrogens (tertiary/aromatic N) is 1. The Bertz CT molecular complexity index is 548. The van der Waals surface area contributed by atoms with Crippen molar-refractivity contribution in [3.63, 3.8) is 0 Å². The number of carbonyl (C=O) groups excluding carboxylic acids is 1. The fraction of sp³-hybridized carbons (Fsp3) is 0.467. The summed E-state index contributed by atoms with van der Waals surface area (Å²) in [5, 5.41) is 9.57. The minimum Gasteiger partial charge on any atom is -0.347 e. The Labute approximate surface area is 122 Å². The zero-order chi connectivity index (χ0) is 13.8. The minimum absolute atomic E-state index is 0.0305. The van der Waals surface area contributed by atoms with E-state index in [-0.39, 0.29) is 5.91 Å². The molecular formula is C15H19N3OS. The predicted octanol–water partition coefficient (Wildman–Crippen LogP) is 3.06. The molecule has 0 radical (unpaired) electrons. The fourth-order valence-electron chi connectivity index (χ4n) is 2.60. The van der Waals surface area contributed by atoms with Crippen molar-refractivity contribution in [2.45, 2.75) is 45.1 Å². The first-order valence-electron chi connectivity index (χ1n) is 7.20. The lowest BCUT2D eigenvalue weighted by molar-refractivity contribution is 0.0955. The monoisotopic (exact) mass is 289 g/mol. The number of fused-ring (bicyclic) bond motifs is 1. The molecule has 1 aliphatic rings. The summed E-state index contributed by atoms with van der Waals surface area (Å²) in [7, 11) is 0. The lowest BCUT2D eigenvalue weighted by Gasteiger charge is -2.07. The second-order valence-electron chi connectivity index (χ2n) is 5.26. The number of rotatable bonds is 3. The Morgan fingerprint density at radius 1 is 1.30 bits per heavy atom. The van der Waals surface area contributed by atoms with Crippen LogP contribution in [0.3, 0.4) is 0 Å². The molecule has 3 rings (SSSR count). The van der Waals surface area contributed by atoms with Gasteiger partial charge in [-0.25, -0.2) is 0 Å². The van der Waals surface area contributed by atoms with Crippen LogP contribution in [0.25, 0.3) is 0 Å². The molecule has 0 spiro atoms. The van der Waals surface area contributed by atoms with Crippen molar-refractivity contribution in [2.24, 2.45) is 0 Å². The zero-order valence-corrected chi connectivity index (χ0v) is 12.3. The zero-order valence-electron chi connectivity index (χ0n) is 11.4. The van der Waals surface area contributed by atoms with Crippen molar-refractivity contribution >= 4 is 17.2 Å². The molecule has 0 aliphatic heterocycles. The van der Waals surface area contributed by atoms with Crippen LogP contribution in [-0.4, -0.2) is 16.1 Å². The maximum Gasteiger partial charge on any atom is 0.261 e. The van der Waals surface area contributed by atoms with Crippen molar-refractivity contribution in [1.29, 1.82) is 0 Å². The molecule has 1 amide bonds. The molecule has 1 aliphatic carbocycles. The summed E-state index contributed by atoms with van der Waals surface area (Å²) < 4.78 is 0. The first-order chi connectivity index (χ1) is 9.83. The topological polar surface area (TPSA) is 57.8 Å². The standard InChI is InChI=1S/C15H19N3OS/c19-15(16-8-11-9-17-18-10-11)14-7-12-5-3-1-2-4-6-13(12)20-14/h7,9-10H,1-6,8H2,(H,16,19)(H,17,18). The highest BCUT2D eigenvalue weighted by molar-refractivity contribution is 7.14. The van der Waals surface area contributed by atoms with Gasteiger partial charge in [-0.2, -0.15) is 5.10 Å². The number of thiophene rings is 1. The normalized spacial score (nSPS) is 15.2. The van der Waals surface area contributed by atoms with Gasteiger partial charge in [0, 0.05) is 23.2 Å². The van der Waals surface area contributed by atoms with Crippen LogP contribution in [0.15, 0.2) is 18.5 Å². The van der Waals surface area contributed by atoms with Crippen LogP contribution in [0.2, 0.25) is 0 Å². The Morgan fingerprint density at radius 2 is 2.15 bits per heavy atom. The average molecular weight is 289 g/mol. The molecule has 0 fully saturated rings. The first-order valence-corrected chi connectivity index (χ1v) is 8.02. The van der Waals surface area contributed by atoms with Crippen LogP contribution < -0.4 is 5.32 Å². The van der Waals surface area contributed by atoms with Crippen LogP contribution in [0.1, 0.15) is 51.4 Å². The highest BCUT2D eigenvalue weighted by Crippen LogP contribution is 2.28.